The van der Waals surface area contributed by atoms with E-state index < -0.39 is 55.1 Å². The van der Waals surface area contributed by atoms with Crippen molar-refractivity contribution >= 4 is 23.9 Å². The molecule has 0 radical (unpaired) electrons. The summed E-state index contributed by atoms with van der Waals surface area (Å²) in [4.78, 5) is 52.5. The first kappa shape index (κ1) is 31.2. The van der Waals surface area contributed by atoms with Crippen LogP contribution in [0.4, 0.5) is 0 Å². The second-order valence-electron chi connectivity index (χ2n) is 10.8. The van der Waals surface area contributed by atoms with Crippen molar-refractivity contribution in [3.8, 4) is 0 Å². The first-order valence-corrected chi connectivity index (χ1v) is 14.4. The first-order chi connectivity index (χ1) is 21.7. The summed E-state index contributed by atoms with van der Waals surface area (Å²) < 4.78 is 28.9. The summed E-state index contributed by atoms with van der Waals surface area (Å²) in [5.41, 5.74) is 3.85. The lowest BCUT2D eigenvalue weighted by atomic mass is 10.1. The fourth-order valence-corrected chi connectivity index (χ4v) is 4.63. The smallest absolute Gasteiger partial charge is 0.340 e. The Morgan fingerprint density at radius 3 is 1.40 bits per heavy atom. The highest BCUT2D eigenvalue weighted by atomic mass is 16.8. The van der Waals surface area contributed by atoms with Gasteiger partial charge in [-0.15, -0.1) is 0 Å². The van der Waals surface area contributed by atoms with E-state index >= 15 is 0 Å². The Morgan fingerprint density at radius 1 is 0.511 bits per heavy atom. The minimum absolute atomic E-state index is 0.221. The molecular weight excluding hydrogens is 576 g/mol. The van der Waals surface area contributed by atoms with Crippen molar-refractivity contribution in [1.29, 1.82) is 0 Å². The molecule has 4 aromatic carbocycles. The van der Waals surface area contributed by atoms with Gasteiger partial charge in [0.25, 0.3) is 0 Å². The van der Waals surface area contributed by atoms with Crippen LogP contribution in [-0.4, -0.2) is 55.1 Å². The van der Waals surface area contributed by atoms with Crippen LogP contribution in [0.1, 0.15) is 58.1 Å². The van der Waals surface area contributed by atoms with Gasteiger partial charge < -0.3 is 23.7 Å². The number of benzene rings is 4. The molecule has 9 nitrogen and oxygen atoms in total. The van der Waals surface area contributed by atoms with E-state index in [1.54, 1.807) is 103 Å². The van der Waals surface area contributed by atoms with Crippen molar-refractivity contribution in [1.82, 2.24) is 0 Å². The summed E-state index contributed by atoms with van der Waals surface area (Å²) in [5, 5.41) is 0. The second-order valence-corrected chi connectivity index (χ2v) is 10.8. The molecule has 4 atom stereocenters. The number of esters is 4. The van der Waals surface area contributed by atoms with Gasteiger partial charge in [-0.1, -0.05) is 71.3 Å². The largest absolute Gasteiger partial charge is 0.459 e. The molecule has 1 saturated heterocycles. The Kier molecular flexibility index (Phi) is 9.70. The van der Waals surface area contributed by atoms with E-state index in [1.807, 2.05) is 20.8 Å². The Labute approximate surface area is 260 Å². The van der Waals surface area contributed by atoms with E-state index in [4.69, 9.17) is 23.7 Å². The standard InChI is InChI=1S/C36H32O9/c1-22-9-15-26(16-10-22)32(37)41-21-29-30(43-34(39)27-17-11-23(2)12-18-27)31(44-33(38)25-7-5-4-6-8-25)36(42-29)45-35(40)28-19-13-24(3)14-20-28/h4-20,29-31,36H,21H2,1-3H3. The van der Waals surface area contributed by atoms with Gasteiger partial charge in [0.1, 0.15) is 12.7 Å². The SMILES string of the molecule is Cc1ccc(C(=O)OCC2OC(OC(=O)c3ccc(C)cc3)C(OC(=O)c3ccccc3)C2OC(=O)c2ccc(C)cc2)cc1. The molecule has 0 saturated carbocycles. The maximum Gasteiger partial charge on any atom is 0.340 e. The van der Waals surface area contributed by atoms with Gasteiger partial charge in [-0.05, 0) is 69.3 Å². The van der Waals surface area contributed by atoms with Crippen molar-refractivity contribution in [2.24, 2.45) is 0 Å². The lowest BCUT2D eigenvalue weighted by Gasteiger charge is -2.24. The van der Waals surface area contributed by atoms with E-state index in [0.29, 0.717) is 5.56 Å². The van der Waals surface area contributed by atoms with Gasteiger partial charge in [0.15, 0.2) is 6.10 Å². The molecule has 9 heteroatoms. The highest BCUT2D eigenvalue weighted by molar-refractivity contribution is 5.91. The maximum atomic E-state index is 13.3. The third-order valence-electron chi connectivity index (χ3n) is 7.23. The monoisotopic (exact) mass is 608 g/mol. The topological polar surface area (TPSA) is 114 Å². The number of rotatable bonds is 9. The van der Waals surface area contributed by atoms with Crippen molar-refractivity contribution < 1.29 is 42.9 Å². The third-order valence-corrected chi connectivity index (χ3v) is 7.23. The molecule has 0 aromatic heterocycles. The molecule has 1 heterocycles. The van der Waals surface area contributed by atoms with Gasteiger partial charge in [0.05, 0.1) is 22.3 Å². The van der Waals surface area contributed by atoms with Crippen LogP contribution in [0.3, 0.4) is 0 Å². The number of carbonyl (C=O) groups excluding carboxylic acids is 4. The van der Waals surface area contributed by atoms with Crippen molar-refractivity contribution in [2.75, 3.05) is 6.61 Å². The first-order valence-electron chi connectivity index (χ1n) is 14.4. The highest BCUT2D eigenvalue weighted by Gasteiger charge is 2.52. The summed E-state index contributed by atoms with van der Waals surface area (Å²) >= 11 is 0. The van der Waals surface area contributed by atoms with Gasteiger partial charge in [-0.25, -0.2) is 19.2 Å². The minimum atomic E-state index is -1.50. The van der Waals surface area contributed by atoms with Gasteiger partial charge >= 0.3 is 23.9 Å². The minimum Gasteiger partial charge on any atom is -0.459 e. The summed E-state index contributed by atoms with van der Waals surface area (Å²) in [6.45, 7) is 5.26. The molecule has 4 aromatic rings. The Hall–Kier alpha value is -5.28. The van der Waals surface area contributed by atoms with Crippen molar-refractivity contribution in [2.45, 2.75) is 45.4 Å². The molecule has 1 aliphatic rings. The lowest BCUT2D eigenvalue weighted by Crippen LogP contribution is -2.42. The van der Waals surface area contributed by atoms with Crippen LogP contribution in [0.2, 0.25) is 0 Å². The van der Waals surface area contributed by atoms with Gasteiger partial charge in [0.2, 0.25) is 12.4 Å². The number of carbonyl (C=O) groups is 4. The average molecular weight is 609 g/mol. The van der Waals surface area contributed by atoms with E-state index in [1.165, 1.54) is 0 Å². The van der Waals surface area contributed by atoms with E-state index in [2.05, 4.69) is 0 Å². The predicted octanol–water partition coefficient (Wildman–Crippen LogP) is 5.80. The van der Waals surface area contributed by atoms with Crippen LogP contribution < -0.4 is 0 Å². The summed E-state index contributed by atoms with van der Waals surface area (Å²) in [5.74, 6) is -2.87. The normalized spacial score (nSPS) is 18.9. The van der Waals surface area contributed by atoms with Gasteiger partial charge in [0, 0.05) is 0 Å². The van der Waals surface area contributed by atoms with Crippen LogP contribution >= 0.6 is 0 Å². The average Bonchev–Trinajstić information content (AvgIpc) is 3.35. The molecule has 0 aliphatic carbocycles. The van der Waals surface area contributed by atoms with Crippen LogP contribution in [0, 0.1) is 20.8 Å². The number of hydrogen-bond acceptors (Lipinski definition) is 9. The van der Waals surface area contributed by atoms with Crippen molar-refractivity contribution in [3.63, 3.8) is 0 Å². The fraction of sp³-hybridized carbons (Fsp3) is 0.222. The Bertz CT molecular complexity index is 1650. The van der Waals surface area contributed by atoms with E-state index in [-0.39, 0.29) is 16.7 Å². The molecule has 5 rings (SSSR count). The molecule has 1 fully saturated rings. The van der Waals surface area contributed by atoms with Gasteiger partial charge in [-0.3, -0.25) is 0 Å². The molecule has 230 valence electrons. The number of hydrogen-bond donors (Lipinski definition) is 0. The lowest BCUT2D eigenvalue weighted by molar-refractivity contribution is -0.141. The second kappa shape index (κ2) is 14.0. The zero-order valence-corrected chi connectivity index (χ0v) is 25.0. The molecule has 0 spiro atoms. The quantitative estimate of drug-likeness (QED) is 0.172. The van der Waals surface area contributed by atoms with Crippen LogP contribution in [-0.2, 0) is 23.7 Å². The summed E-state index contributed by atoms with van der Waals surface area (Å²) in [6, 6.07) is 28.4. The molecular formula is C36H32O9. The summed E-state index contributed by atoms with van der Waals surface area (Å²) in [7, 11) is 0. The third kappa shape index (κ3) is 7.82. The Balaban J connectivity index is 1.44. The number of aryl methyl sites for hydroxylation is 3. The van der Waals surface area contributed by atoms with E-state index in [9.17, 15) is 19.2 Å². The number of ether oxygens (including phenoxy) is 5. The van der Waals surface area contributed by atoms with Crippen molar-refractivity contribution in [3.05, 3.63) is 142 Å². The van der Waals surface area contributed by atoms with E-state index in [0.717, 1.165) is 16.7 Å². The summed E-state index contributed by atoms with van der Waals surface area (Å²) in [6.07, 6.45) is -5.36. The predicted molar refractivity (Wildman–Crippen MR) is 163 cm³/mol. The maximum absolute atomic E-state index is 13.3. The van der Waals surface area contributed by atoms with Gasteiger partial charge in [-0.2, -0.15) is 0 Å². The molecule has 0 amide bonds. The zero-order valence-electron chi connectivity index (χ0n) is 25.0. The molecule has 0 bridgehead atoms. The molecule has 4 unspecified atom stereocenters. The zero-order chi connectivity index (χ0) is 31.9. The Morgan fingerprint density at radius 2 is 0.911 bits per heavy atom. The highest BCUT2D eigenvalue weighted by Crippen LogP contribution is 2.31. The van der Waals surface area contributed by atoms with Crippen LogP contribution in [0.15, 0.2) is 103 Å². The molecule has 0 N–H and O–H groups in total. The van der Waals surface area contributed by atoms with Crippen LogP contribution in [0.5, 0.6) is 0 Å². The molecule has 45 heavy (non-hydrogen) atoms. The fourth-order valence-electron chi connectivity index (χ4n) is 4.63. The van der Waals surface area contributed by atoms with Crippen LogP contribution in [0.25, 0.3) is 0 Å². The molecule has 1 aliphatic heterocycles.